The highest BCUT2D eigenvalue weighted by Gasteiger charge is 2.17. The normalized spacial score (nSPS) is 12.5. The van der Waals surface area contributed by atoms with E-state index in [4.69, 9.17) is 17.3 Å². The Morgan fingerprint density at radius 3 is 2.58 bits per heavy atom. The maximum Gasteiger partial charge on any atom is 0.240 e. The molecule has 1 rings (SSSR count). The molecule has 12 heavy (non-hydrogen) atoms. The van der Waals surface area contributed by atoms with Crippen molar-refractivity contribution in [3.8, 4) is 0 Å². The van der Waals surface area contributed by atoms with Crippen molar-refractivity contribution < 1.29 is 9.18 Å². The average molecular weight is 188 g/mol. The second kappa shape index (κ2) is 3.54. The molecule has 0 aliphatic rings. The Bertz CT molecular complexity index is 303. The highest BCUT2D eigenvalue weighted by molar-refractivity contribution is 6.30. The summed E-state index contributed by atoms with van der Waals surface area (Å²) in [5.74, 6) is -1.27. The van der Waals surface area contributed by atoms with Gasteiger partial charge in [0.25, 0.3) is 0 Å². The number of hydrogen-bond donors (Lipinski definition) is 1. The summed E-state index contributed by atoms with van der Waals surface area (Å²) in [6, 6.07) is 5.77. The van der Waals surface area contributed by atoms with Gasteiger partial charge in [-0.25, -0.2) is 4.39 Å². The van der Waals surface area contributed by atoms with Crippen molar-refractivity contribution in [3.63, 3.8) is 0 Å². The number of benzene rings is 1. The number of carbonyl (C=O) groups excluding carboxylic acids is 1. The van der Waals surface area contributed by atoms with E-state index in [-0.39, 0.29) is 5.56 Å². The van der Waals surface area contributed by atoms with E-state index in [1.54, 1.807) is 6.07 Å². The van der Waals surface area contributed by atoms with Gasteiger partial charge in [0.1, 0.15) is 11.2 Å². The quantitative estimate of drug-likeness (QED) is 0.702. The second-order valence-electron chi connectivity index (χ2n) is 2.29. The van der Waals surface area contributed by atoms with Gasteiger partial charge in [-0.15, -0.1) is 11.6 Å². The molecule has 0 radical (unpaired) electrons. The Kier molecular flexibility index (Phi) is 2.65. The lowest BCUT2D eigenvalue weighted by Gasteiger charge is -2.05. The molecule has 1 unspecified atom stereocenters. The van der Waals surface area contributed by atoms with Crippen molar-refractivity contribution in [3.05, 3.63) is 35.6 Å². The van der Waals surface area contributed by atoms with E-state index < -0.39 is 17.1 Å². The van der Waals surface area contributed by atoms with Crippen LogP contribution >= 0.6 is 11.6 Å². The first kappa shape index (κ1) is 9.00. The van der Waals surface area contributed by atoms with Crippen LogP contribution in [0.15, 0.2) is 24.3 Å². The number of primary amides is 1. The second-order valence-corrected chi connectivity index (χ2v) is 2.72. The molecular formula is C8H7ClFNO. The van der Waals surface area contributed by atoms with Crippen LogP contribution < -0.4 is 5.73 Å². The topological polar surface area (TPSA) is 43.1 Å². The maximum atomic E-state index is 12.9. The summed E-state index contributed by atoms with van der Waals surface area (Å²) in [5.41, 5.74) is 5.02. The Morgan fingerprint density at radius 2 is 2.08 bits per heavy atom. The van der Waals surface area contributed by atoms with Crippen molar-refractivity contribution >= 4 is 17.5 Å². The van der Waals surface area contributed by atoms with Gasteiger partial charge in [0, 0.05) is 5.56 Å². The summed E-state index contributed by atoms with van der Waals surface area (Å²) in [4.78, 5) is 10.6. The first-order chi connectivity index (χ1) is 5.63. The molecule has 0 spiro atoms. The number of alkyl halides is 1. The summed E-state index contributed by atoms with van der Waals surface area (Å²) in [7, 11) is 0. The lowest BCUT2D eigenvalue weighted by Crippen LogP contribution is -2.17. The molecule has 0 bridgehead atoms. The van der Waals surface area contributed by atoms with Gasteiger partial charge in [0.15, 0.2) is 0 Å². The molecule has 0 aliphatic carbocycles. The van der Waals surface area contributed by atoms with Gasteiger partial charge in [-0.1, -0.05) is 18.2 Å². The molecule has 0 fully saturated rings. The van der Waals surface area contributed by atoms with E-state index in [1.165, 1.54) is 18.2 Å². The minimum absolute atomic E-state index is 0.117. The Balaban J connectivity index is 3.02. The molecule has 0 aliphatic heterocycles. The lowest BCUT2D eigenvalue weighted by molar-refractivity contribution is -0.117. The zero-order valence-electron chi connectivity index (χ0n) is 6.13. The zero-order valence-corrected chi connectivity index (χ0v) is 6.88. The number of amides is 1. The van der Waals surface area contributed by atoms with Crippen molar-refractivity contribution in [2.45, 2.75) is 5.38 Å². The lowest BCUT2D eigenvalue weighted by atomic mass is 10.1. The van der Waals surface area contributed by atoms with Crippen LogP contribution in [0.5, 0.6) is 0 Å². The minimum atomic E-state index is -1.09. The molecule has 0 saturated heterocycles. The third kappa shape index (κ3) is 1.74. The van der Waals surface area contributed by atoms with E-state index in [2.05, 4.69) is 0 Å². The molecule has 1 aromatic carbocycles. The van der Waals surface area contributed by atoms with Gasteiger partial charge in [0.2, 0.25) is 5.91 Å². The van der Waals surface area contributed by atoms with Gasteiger partial charge < -0.3 is 5.73 Å². The fraction of sp³-hybridized carbons (Fsp3) is 0.125. The predicted octanol–water partition coefficient (Wildman–Crippen LogP) is 1.59. The smallest absolute Gasteiger partial charge is 0.240 e. The number of rotatable bonds is 2. The van der Waals surface area contributed by atoms with Gasteiger partial charge in [-0.3, -0.25) is 4.79 Å². The van der Waals surface area contributed by atoms with E-state index in [9.17, 15) is 9.18 Å². The molecule has 4 heteroatoms. The van der Waals surface area contributed by atoms with Crippen LogP contribution in [0, 0.1) is 5.82 Å². The number of halogens is 2. The SMILES string of the molecule is NC(=O)C(Cl)c1ccccc1F. The van der Waals surface area contributed by atoms with Crippen LogP contribution in [-0.4, -0.2) is 5.91 Å². The predicted molar refractivity (Wildman–Crippen MR) is 44.2 cm³/mol. The standard InChI is InChI=1S/C8H7ClFNO/c9-7(8(11)12)5-3-1-2-4-6(5)10/h1-4,7H,(H2,11,12). The molecular weight excluding hydrogens is 181 g/mol. The third-order valence-electron chi connectivity index (χ3n) is 1.43. The highest BCUT2D eigenvalue weighted by Crippen LogP contribution is 2.21. The van der Waals surface area contributed by atoms with E-state index in [0.717, 1.165) is 0 Å². The molecule has 1 atom stereocenters. The molecule has 2 nitrogen and oxygen atoms in total. The van der Waals surface area contributed by atoms with Crippen LogP contribution in [-0.2, 0) is 4.79 Å². The molecule has 64 valence electrons. The molecule has 0 saturated carbocycles. The van der Waals surface area contributed by atoms with E-state index in [1.807, 2.05) is 0 Å². The number of nitrogens with two attached hydrogens (primary N) is 1. The van der Waals surface area contributed by atoms with Gasteiger partial charge in [0.05, 0.1) is 0 Å². The van der Waals surface area contributed by atoms with Crippen LogP contribution in [0.25, 0.3) is 0 Å². The molecule has 0 aromatic heterocycles. The fourth-order valence-corrected chi connectivity index (χ4v) is 1.01. The Morgan fingerprint density at radius 1 is 1.50 bits per heavy atom. The molecule has 2 N–H and O–H groups in total. The van der Waals surface area contributed by atoms with Crippen LogP contribution in [0.4, 0.5) is 4.39 Å². The van der Waals surface area contributed by atoms with Gasteiger partial charge in [-0.05, 0) is 6.07 Å². The summed E-state index contributed by atoms with van der Waals surface area (Å²) in [6.45, 7) is 0. The zero-order chi connectivity index (χ0) is 9.14. The molecule has 1 aromatic rings. The van der Waals surface area contributed by atoms with E-state index in [0.29, 0.717) is 0 Å². The summed E-state index contributed by atoms with van der Waals surface area (Å²) < 4.78 is 12.9. The first-order valence-electron chi connectivity index (χ1n) is 3.30. The van der Waals surface area contributed by atoms with Crippen molar-refractivity contribution in [2.24, 2.45) is 5.73 Å². The highest BCUT2D eigenvalue weighted by atomic mass is 35.5. The van der Waals surface area contributed by atoms with Crippen molar-refractivity contribution in [1.29, 1.82) is 0 Å². The van der Waals surface area contributed by atoms with E-state index >= 15 is 0 Å². The molecule has 0 heterocycles. The third-order valence-corrected chi connectivity index (χ3v) is 1.88. The van der Waals surface area contributed by atoms with Crippen LogP contribution in [0.3, 0.4) is 0 Å². The van der Waals surface area contributed by atoms with Gasteiger partial charge in [-0.2, -0.15) is 0 Å². The number of carbonyl (C=O) groups is 1. The average Bonchev–Trinajstić information content (AvgIpc) is 2.04. The summed E-state index contributed by atoms with van der Waals surface area (Å²) in [6.07, 6.45) is 0. The maximum absolute atomic E-state index is 12.9. The minimum Gasteiger partial charge on any atom is -0.368 e. The Hall–Kier alpha value is -1.09. The van der Waals surface area contributed by atoms with Crippen LogP contribution in [0.2, 0.25) is 0 Å². The summed E-state index contributed by atoms with van der Waals surface area (Å²) in [5, 5.41) is -1.09. The van der Waals surface area contributed by atoms with Crippen LogP contribution in [0.1, 0.15) is 10.9 Å². The Labute approximate surface area is 74.1 Å². The molecule has 1 amide bonds. The van der Waals surface area contributed by atoms with Gasteiger partial charge >= 0.3 is 0 Å². The monoisotopic (exact) mass is 187 g/mol. The summed E-state index contributed by atoms with van der Waals surface area (Å²) >= 11 is 5.53. The first-order valence-corrected chi connectivity index (χ1v) is 3.74. The largest absolute Gasteiger partial charge is 0.368 e. The number of hydrogen-bond acceptors (Lipinski definition) is 1. The van der Waals surface area contributed by atoms with Crippen molar-refractivity contribution in [2.75, 3.05) is 0 Å². The fourth-order valence-electron chi connectivity index (χ4n) is 0.834. The van der Waals surface area contributed by atoms with Crippen molar-refractivity contribution in [1.82, 2.24) is 0 Å².